The van der Waals surface area contributed by atoms with Gasteiger partial charge in [-0.25, -0.2) is 0 Å². The predicted molar refractivity (Wildman–Crippen MR) is 120 cm³/mol. The molecule has 1 fully saturated rings. The Hall–Kier alpha value is -2.45. The topological polar surface area (TPSA) is 72.2 Å². The SMILES string of the molecule is S=C(NCc1nc(-c2cccc(Br)c2)no1)Nc1ccc(OC2CCCC2)cc1. The van der Waals surface area contributed by atoms with Crippen LogP contribution in [-0.4, -0.2) is 21.4 Å². The van der Waals surface area contributed by atoms with Gasteiger partial charge in [-0.3, -0.25) is 0 Å². The largest absolute Gasteiger partial charge is 0.490 e. The minimum absolute atomic E-state index is 0.343. The maximum absolute atomic E-state index is 5.98. The monoisotopic (exact) mass is 472 g/mol. The lowest BCUT2D eigenvalue weighted by Crippen LogP contribution is -2.28. The Kier molecular flexibility index (Phi) is 6.41. The van der Waals surface area contributed by atoms with Gasteiger partial charge in [-0.2, -0.15) is 4.98 Å². The van der Waals surface area contributed by atoms with E-state index in [-0.39, 0.29) is 0 Å². The van der Waals surface area contributed by atoms with Gasteiger partial charge in [-0.05, 0) is 74.3 Å². The maximum atomic E-state index is 5.98. The number of hydrogen-bond acceptors (Lipinski definition) is 5. The summed E-state index contributed by atoms with van der Waals surface area (Å²) in [5.41, 5.74) is 1.77. The fraction of sp³-hybridized carbons (Fsp3) is 0.286. The van der Waals surface area contributed by atoms with Crippen molar-refractivity contribution in [1.29, 1.82) is 0 Å². The molecule has 1 aromatic heterocycles. The molecule has 8 heteroatoms. The van der Waals surface area contributed by atoms with E-state index in [2.05, 4.69) is 36.7 Å². The van der Waals surface area contributed by atoms with E-state index < -0.39 is 0 Å². The van der Waals surface area contributed by atoms with Crippen LogP contribution in [0.5, 0.6) is 5.75 Å². The minimum atomic E-state index is 0.343. The molecule has 29 heavy (non-hydrogen) atoms. The van der Waals surface area contributed by atoms with Gasteiger partial charge in [0, 0.05) is 15.7 Å². The molecule has 4 rings (SSSR count). The number of ether oxygens (including phenoxy) is 1. The quantitative estimate of drug-likeness (QED) is 0.471. The molecule has 0 amide bonds. The van der Waals surface area contributed by atoms with E-state index in [1.165, 1.54) is 12.8 Å². The van der Waals surface area contributed by atoms with E-state index in [1.807, 2.05) is 48.5 Å². The van der Waals surface area contributed by atoms with Gasteiger partial charge >= 0.3 is 0 Å². The number of anilines is 1. The smallest absolute Gasteiger partial charge is 0.246 e. The molecule has 0 atom stereocenters. The van der Waals surface area contributed by atoms with Crippen LogP contribution in [-0.2, 0) is 6.54 Å². The number of benzene rings is 2. The zero-order valence-electron chi connectivity index (χ0n) is 15.7. The van der Waals surface area contributed by atoms with Crippen molar-refractivity contribution in [3.8, 4) is 17.1 Å². The van der Waals surface area contributed by atoms with Crippen molar-refractivity contribution in [3.63, 3.8) is 0 Å². The zero-order valence-corrected chi connectivity index (χ0v) is 18.1. The molecular formula is C21H21BrN4O2S. The third-order valence-electron chi connectivity index (χ3n) is 4.67. The number of rotatable bonds is 6. The van der Waals surface area contributed by atoms with Crippen molar-refractivity contribution >= 4 is 38.9 Å². The molecule has 2 aromatic carbocycles. The number of hydrogen-bond donors (Lipinski definition) is 2. The highest BCUT2D eigenvalue weighted by Gasteiger charge is 2.16. The van der Waals surface area contributed by atoms with Crippen LogP contribution in [0.15, 0.2) is 57.5 Å². The van der Waals surface area contributed by atoms with Crippen LogP contribution in [0.2, 0.25) is 0 Å². The first kappa shape index (κ1) is 19.8. The second kappa shape index (κ2) is 9.37. The molecule has 1 aliphatic rings. The lowest BCUT2D eigenvalue weighted by atomic mass is 10.2. The molecule has 0 bridgehead atoms. The van der Waals surface area contributed by atoms with Gasteiger partial charge in [0.25, 0.3) is 0 Å². The fourth-order valence-corrected chi connectivity index (χ4v) is 3.81. The number of nitrogens with one attached hydrogen (secondary N) is 2. The number of aromatic nitrogens is 2. The molecule has 1 saturated carbocycles. The van der Waals surface area contributed by atoms with E-state index in [1.54, 1.807) is 0 Å². The van der Waals surface area contributed by atoms with Crippen LogP contribution in [0.3, 0.4) is 0 Å². The van der Waals surface area contributed by atoms with Gasteiger partial charge in [0.2, 0.25) is 11.7 Å². The molecule has 0 unspecified atom stereocenters. The first-order chi connectivity index (χ1) is 14.2. The van der Waals surface area contributed by atoms with Crippen LogP contribution in [0.4, 0.5) is 5.69 Å². The molecule has 2 N–H and O–H groups in total. The van der Waals surface area contributed by atoms with E-state index in [4.69, 9.17) is 21.5 Å². The highest BCUT2D eigenvalue weighted by molar-refractivity contribution is 9.10. The van der Waals surface area contributed by atoms with Crippen molar-refractivity contribution in [2.45, 2.75) is 38.3 Å². The average molecular weight is 473 g/mol. The summed E-state index contributed by atoms with van der Waals surface area (Å²) in [4.78, 5) is 4.40. The molecule has 1 heterocycles. The number of thiocarbonyl (C=S) groups is 1. The van der Waals surface area contributed by atoms with E-state index >= 15 is 0 Å². The summed E-state index contributed by atoms with van der Waals surface area (Å²) in [6.07, 6.45) is 5.16. The fourth-order valence-electron chi connectivity index (χ4n) is 3.22. The summed E-state index contributed by atoms with van der Waals surface area (Å²) < 4.78 is 12.2. The summed E-state index contributed by atoms with van der Waals surface area (Å²) in [5.74, 6) is 1.90. The minimum Gasteiger partial charge on any atom is -0.490 e. The van der Waals surface area contributed by atoms with Gasteiger partial charge in [0.15, 0.2) is 5.11 Å². The molecule has 0 spiro atoms. The highest BCUT2D eigenvalue weighted by atomic mass is 79.9. The van der Waals surface area contributed by atoms with Gasteiger partial charge in [0.05, 0.1) is 12.6 Å². The standard InChI is InChI=1S/C21H21BrN4O2S/c22-15-5-3-4-14(12-15)20-25-19(28-26-20)13-23-21(29)24-16-8-10-18(11-9-16)27-17-6-1-2-7-17/h3-5,8-12,17H,1-2,6-7,13H2,(H2,23,24,29). The molecule has 0 radical (unpaired) electrons. The van der Waals surface area contributed by atoms with Crippen LogP contribution >= 0.6 is 28.1 Å². The lowest BCUT2D eigenvalue weighted by Gasteiger charge is -2.14. The van der Waals surface area contributed by atoms with Crippen molar-refractivity contribution in [3.05, 3.63) is 58.9 Å². The summed E-state index contributed by atoms with van der Waals surface area (Å²) >= 11 is 8.79. The summed E-state index contributed by atoms with van der Waals surface area (Å²) in [7, 11) is 0. The normalized spacial score (nSPS) is 14.0. The number of nitrogens with zero attached hydrogens (tertiary/aromatic N) is 2. The van der Waals surface area contributed by atoms with Crippen molar-refractivity contribution in [1.82, 2.24) is 15.5 Å². The second-order valence-corrected chi connectivity index (χ2v) is 8.20. The van der Waals surface area contributed by atoms with Crippen molar-refractivity contribution < 1.29 is 9.26 Å². The average Bonchev–Trinajstić information content (AvgIpc) is 3.40. The van der Waals surface area contributed by atoms with E-state index in [0.717, 1.165) is 34.3 Å². The van der Waals surface area contributed by atoms with Crippen LogP contribution in [0.1, 0.15) is 31.6 Å². The molecule has 0 aliphatic heterocycles. The van der Waals surface area contributed by atoms with Crippen LogP contribution < -0.4 is 15.4 Å². The summed E-state index contributed by atoms with van der Waals surface area (Å²) in [6, 6.07) is 15.6. The van der Waals surface area contributed by atoms with Gasteiger partial charge < -0.3 is 19.9 Å². The Morgan fingerprint density at radius 3 is 2.72 bits per heavy atom. The summed E-state index contributed by atoms with van der Waals surface area (Å²) in [6.45, 7) is 0.343. The maximum Gasteiger partial charge on any atom is 0.246 e. The zero-order chi connectivity index (χ0) is 20.1. The molecule has 1 aliphatic carbocycles. The van der Waals surface area contributed by atoms with E-state index in [9.17, 15) is 0 Å². The molecule has 0 saturated heterocycles. The van der Waals surface area contributed by atoms with Gasteiger partial charge in [-0.15, -0.1) is 0 Å². The first-order valence-corrected chi connectivity index (χ1v) is 10.8. The Morgan fingerprint density at radius 2 is 1.97 bits per heavy atom. The third kappa shape index (κ3) is 5.55. The number of halogens is 1. The third-order valence-corrected chi connectivity index (χ3v) is 5.41. The van der Waals surface area contributed by atoms with Gasteiger partial charge in [-0.1, -0.05) is 33.2 Å². The molecular weight excluding hydrogens is 452 g/mol. The second-order valence-electron chi connectivity index (χ2n) is 6.88. The van der Waals surface area contributed by atoms with Crippen molar-refractivity contribution in [2.75, 3.05) is 5.32 Å². The van der Waals surface area contributed by atoms with E-state index in [0.29, 0.717) is 29.5 Å². The molecule has 6 nitrogen and oxygen atoms in total. The van der Waals surface area contributed by atoms with Crippen LogP contribution in [0, 0.1) is 0 Å². The predicted octanol–water partition coefficient (Wildman–Crippen LogP) is 5.31. The Labute approximate surface area is 183 Å². The molecule has 3 aromatic rings. The van der Waals surface area contributed by atoms with Crippen LogP contribution in [0.25, 0.3) is 11.4 Å². The first-order valence-electron chi connectivity index (χ1n) is 9.56. The van der Waals surface area contributed by atoms with Gasteiger partial charge in [0.1, 0.15) is 5.75 Å². The lowest BCUT2D eigenvalue weighted by molar-refractivity contribution is 0.210. The van der Waals surface area contributed by atoms with Crippen molar-refractivity contribution in [2.24, 2.45) is 0 Å². The molecule has 150 valence electrons. The Morgan fingerprint density at radius 1 is 1.17 bits per heavy atom. The Balaban J connectivity index is 1.27. The highest BCUT2D eigenvalue weighted by Crippen LogP contribution is 2.25. The summed E-state index contributed by atoms with van der Waals surface area (Å²) in [5, 5.41) is 10.7. The Bertz CT molecular complexity index is 971.